The minimum Gasteiger partial charge on any atom is -0.461 e. The molecule has 0 spiro atoms. The molecule has 0 fully saturated rings. The van der Waals surface area contributed by atoms with E-state index in [1.165, 1.54) is 10.5 Å². The Bertz CT molecular complexity index is 890. The van der Waals surface area contributed by atoms with Gasteiger partial charge in [0.2, 0.25) is 0 Å². The number of ether oxygens (including phenoxy) is 2. The van der Waals surface area contributed by atoms with Crippen molar-refractivity contribution < 1.29 is 38.4 Å². The third-order valence-electron chi connectivity index (χ3n) is 4.18. The fraction of sp³-hybridized carbons (Fsp3) is 0.200. The van der Waals surface area contributed by atoms with Crippen LogP contribution < -0.4 is 19.4 Å². The zero-order valence-electron chi connectivity index (χ0n) is 15.9. The van der Waals surface area contributed by atoms with E-state index < -0.39 is 11.9 Å². The summed E-state index contributed by atoms with van der Waals surface area (Å²) in [7, 11) is 0. The van der Waals surface area contributed by atoms with Gasteiger partial charge in [-0.25, -0.2) is 9.59 Å². The van der Waals surface area contributed by atoms with Crippen LogP contribution in [0.15, 0.2) is 49.6 Å². The van der Waals surface area contributed by atoms with E-state index in [-0.39, 0.29) is 26.3 Å². The van der Waals surface area contributed by atoms with Gasteiger partial charge in [-0.2, -0.15) is 0 Å². The van der Waals surface area contributed by atoms with Crippen LogP contribution in [0.2, 0.25) is 0 Å². The Balaban J connectivity index is 1.48. The first-order valence-corrected chi connectivity index (χ1v) is 9.04. The van der Waals surface area contributed by atoms with Gasteiger partial charge in [-0.3, -0.25) is 0 Å². The second-order valence-electron chi connectivity index (χ2n) is 6.09. The maximum atomic E-state index is 11.2. The lowest BCUT2D eigenvalue weighted by Crippen LogP contribution is -2.38. The number of nitrogens with zero attached hydrogens (tertiary/aromatic N) is 2. The highest BCUT2D eigenvalue weighted by molar-refractivity contribution is 6.02. The van der Waals surface area contributed by atoms with Crippen LogP contribution in [-0.4, -0.2) is 48.7 Å². The molecule has 0 radical (unpaired) electrons. The highest BCUT2D eigenvalue weighted by Gasteiger charge is 2.30. The highest BCUT2D eigenvalue weighted by atomic mass is 17.0. The summed E-state index contributed by atoms with van der Waals surface area (Å²) in [4.78, 5) is 45.2. The molecule has 0 bridgehead atoms. The first-order chi connectivity index (χ1) is 14.6. The maximum absolute atomic E-state index is 11.2. The van der Waals surface area contributed by atoms with Gasteiger partial charge in [-0.05, 0) is 24.3 Å². The van der Waals surface area contributed by atoms with Crippen LogP contribution >= 0.6 is 0 Å². The lowest BCUT2D eigenvalue weighted by molar-refractivity contribution is -0.268. The molecule has 0 amide bonds. The van der Waals surface area contributed by atoms with Gasteiger partial charge in [0, 0.05) is 22.6 Å². The van der Waals surface area contributed by atoms with E-state index in [1.54, 1.807) is 24.3 Å². The Morgan fingerprint density at radius 2 is 1.07 bits per heavy atom. The summed E-state index contributed by atoms with van der Waals surface area (Å²) < 4.78 is 9.89. The van der Waals surface area contributed by atoms with Gasteiger partial charge in [-0.1, -0.05) is 13.2 Å². The molecule has 0 aromatic heterocycles. The topological polar surface area (TPSA) is 96.0 Å². The van der Waals surface area contributed by atoms with E-state index in [2.05, 4.69) is 13.2 Å². The molecule has 0 saturated carbocycles. The minimum absolute atomic E-state index is 0.0666. The first-order valence-electron chi connectivity index (χ1n) is 9.04. The predicted octanol–water partition coefficient (Wildman–Crippen LogP) is 2.10. The number of hydroxylamine groups is 4. The highest BCUT2D eigenvalue weighted by Crippen LogP contribution is 2.48. The number of rotatable bonds is 8. The molecule has 2 aliphatic heterocycles. The second kappa shape index (κ2) is 8.31. The summed E-state index contributed by atoms with van der Waals surface area (Å²) in [6, 6.07) is 6.93. The number of hydrogen-bond donors (Lipinski definition) is 0. The average molecular weight is 414 g/mol. The van der Waals surface area contributed by atoms with Crippen LogP contribution in [0.4, 0.5) is 0 Å². The van der Waals surface area contributed by atoms with Crippen molar-refractivity contribution in [3.8, 4) is 23.0 Å². The molecular weight excluding hydrogens is 396 g/mol. The van der Waals surface area contributed by atoms with Crippen molar-refractivity contribution in [1.29, 1.82) is 0 Å². The molecular formula is C20H18N2O8. The molecule has 156 valence electrons. The van der Waals surface area contributed by atoms with Crippen molar-refractivity contribution in [2.45, 2.75) is 0 Å². The second-order valence-corrected chi connectivity index (χ2v) is 6.09. The number of esters is 2. The molecule has 2 aliphatic rings. The smallest absolute Gasteiger partial charge is 0.330 e. The molecule has 0 atom stereocenters. The summed E-state index contributed by atoms with van der Waals surface area (Å²) in [6.45, 7) is 7.19. The summed E-state index contributed by atoms with van der Waals surface area (Å²) >= 11 is 0. The Morgan fingerprint density at radius 1 is 0.733 bits per heavy atom. The van der Waals surface area contributed by atoms with E-state index in [4.69, 9.17) is 28.8 Å². The third kappa shape index (κ3) is 3.86. The summed E-state index contributed by atoms with van der Waals surface area (Å²) in [5.74, 6) is 1.09. The van der Waals surface area contributed by atoms with E-state index in [1.807, 2.05) is 0 Å². The first kappa shape index (κ1) is 19.6. The van der Waals surface area contributed by atoms with Crippen LogP contribution in [0.1, 0.15) is 0 Å². The fourth-order valence-corrected chi connectivity index (χ4v) is 2.89. The van der Waals surface area contributed by atoms with Crippen molar-refractivity contribution in [2.24, 2.45) is 0 Å². The zero-order valence-corrected chi connectivity index (χ0v) is 15.9. The quantitative estimate of drug-likeness (QED) is 0.472. The molecule has 0 N–H and O–H groups in total. The van der Waals surface area contributed by atoms with Gasteiger partial charge in [0.05, 0.1) is 10.8 Å². The normalized spacial score (nSPS) is 14.5. The molecule has 4 rings (SSSR count). The summed E-state index contributed by atoms with van der Waals surface area (Å²) in [5, 5.41) is 3.81. The SMILES string of the molecule is C=CC(=O)OCCN1Oc2ccc3c4c(ccc(c24)O1)ON(CCOC(=O)C=C)O3. The van der Waals surface area contributed by atoms with Crippen LogP contribution in [0.3, 0.4) is 0 Å². The molecule has 2 heterocycles. The standard InChI is InChI=1S/C20H18N2O8/c1-3-17(23)25-11-9-21-27-13-5-7-15-20-16(8-6-14(28-21)19(13)20)30-22(29-15)10-12-26-18(24)4-2/h3-8H,1-2,9-12H2. The van der Waals surface area contributed by atoms with Crippen molar-refractivity contribution in [3.63, 3.8) is 0 Å². The Kier molecular flexibility index (Phi) is 5.42. The third-order valence-corrected chi connectivity index (χ3v) is 4.18. The molecule has 10 nitrogen and oxygen atoms in total. The fourth-order valence-electron chi connectivity index (χ4n) is 2.89. The number of hydrogen-bond acceptors (Lipinski definition) is 10. The van der Waals surface area contributed by atoms with E-state index in [9.17, 15) is 9.59 Å². The van der Waals surface area contributed by atoms with Crippen LogP contribution in [0.25, 0.3) is 10.8 Å². The van der Waals surface area contributed by atoms with Gasteiger partial charge in [-0.15, -0.1) is 0 Å². The molecule has 30 heavy (non-hydrogen) atoms. The zero-order chi connectivity index (χ0) is 21.1. The molecule has 2 aromatic rings. The number of benzene rings is 2. The van der Waals surface area contributed by atoms with E-state index >= 15 is 0 Å². The van der Waals surface area contributed by atoms with Gasteiger partial charge in [0.25, 0.3) is 0 Å². The van der Waals surface area contributed by atoms with Crippen molar-refractivity contribution >= 4 is 22.7 Å². The molecule has 2 aromatic carbocycles. The Hall–Kier alpha value is -3.76. The van der Waals surface area contributed by atoms with Crippen LogP contribution in [-0.2, 0) is 19.1 Å². The monoisotopic (exact) mass is 414 g/mol. The van der Waals surface area contributed by atoms with Gasteiger partial charge in [0.15, 0.2) is 23.0 Å². The average Bonchev–Trinajstić information content (AvgIpc) is 2.76. The molecule has 10 heteroatoms. The van der Waals surface area contributed by atoms with E-state index in [0.717, 1.165) is 12.2 Å². The van der Waals surface area contributed by atoms with Crippen LogP contribution in [0, 0.1) is 0 Å². The van der Waals surface area contributed by atoms with Crippen molar-refractivity contribution in [3.05, 3.63) is 49.6 Å². The number of carbonyl (C=O) groups excluding carboxylic acids is 2. The van der Waals surface area contributed by atoms with E-state index in [0.29, 0.717) is 33.8 Å². The van der Waals surface area contributed by atoms with Gasteiger partial charge in [0.1, 0.15) is 26.3 Å². The predicted molar refractivity (Wildman–Crippen MR) is 102 cm³/mol. The summed E-state index contributed by atoms with van der Waals surface area (Å²) in [5.41, 5.74) is 0. The minimum atomic E-state index is -0.524. The lowest BCUT2D eigenvalue weighted by atomic mass is 10.1. The van der Waals surface area contributed by atoms with Gasteiger partial charge < -0.3 is 28.8 Å². The van der Waals surface area contributed by atoms with Gasteiger partial charge >= 0.3 is 11.9 Å². The van der Waals surface area contributed by atoms with Crippen LogP contribution in [0.5, 0.6) is 23.0 Å². The molecule has 0 saturated heterocycles. The Labute approximate surface area is 171 Å². The lowest BCUT2D eigenvalue weighted by Gasteiger charge is -2.32. The molecule has 0 aliphatic carbocycles. The molecule has 0 unspecified atom stereocenters. The largest absolute Gasteiger partial charge is 0.461 e. The Morgan fingerprint density at radius 3 is 1.37 bits per heavy atom. The van der Waals surface area contributed by atoms with Crippen molar-refractivity contribution in [1.82, 2.24) is 10.5 Å². The van der Waals surface area contributed by atoms with Crippen molar-refractivity contribution in [2.75, 3.05) is 26.3 Å². The maximum Gasteiger partial charge on any atom is 0.330 e. The number of carbonyl (C=O) groups is 2. The summed E-state index contributed by atoms with van der Waals surface area (Å²) in [6.07, 6.45) is 2.17.